The molecule has 0 aromatic carbocycles. The summed E-state index contributed by atoms with van der Waals surface area (Å²) < 4.78 is 0. The Kier molecular flexibility index (Phi) is 2.40. The highest BCUT2D eigenvalue weighted by molar-refractivity contribution is 4.67. The summed E-state index contributed by atoms with van der Waals surface area (Å²) in [5.41, 5.74) is 3.89. The lowest BCUT2D eigenvalue weighted by Crippen LogP contribution is -2.12. The van der Waals surface area contributed by atoms with E-state index in [4.69, 9.17) is 0 Å². The van der Waals surface area contributed by atoms with E-state index in [1.165, 1.54) is 0 Å². The molecule has 0 aromatic heterocycles. The first-order valence-electron chi connectivity index (χ1n) is 1.52. The first-order valence-corrected chi connectivity index (χ1v) is 1.52. The van der Waals surface area contributed by atoms with Crippen LogP contribution in [0.25, 0.3) is 0 Å². The van der Waals surface area contributed by atoms with Gasteiger partial charge in [-0.15, -0.1) is 11.2 Å². The quantitative estimate of drug-likeness (QED) is 0.303. The third kappa shape index (κ3) is 4.72. The maximum atomic E-state index is 9.35. The summed E-state index contributed by atoms with van der Waals surface area (Å²) in [5, 5.41) is 8.66. The number of hydrogen-bond donors (Lipinski definition) is 1. The Bertz CT molecular complexity index is 114. The van der Waals surface area contributed by atoms with E-state index in [1.54, 1.807) is 5.43 Å². The first-order chi connectivity index (χ1) is 3.27. The van der Waals surface area contributed by atoms with E-state index in [9.17, 15) is 10.1 Å². The zero-order valence-electron chi connectivity index (χ0n) is 3.55. The van der Waals surface area contributed by atoms with Crippen LogP contribution < -0.4 is 5.43 Å². The molecule has 0 atom stereocenters. The minimum Gasteiger partial charge on any atom is -0.235 e. The third-order valence-electron chi connectivity index (χ3n) is 0.272. The van der Waals surface area contributed by atoms with Crippen molar-refractivity contribution in [2.45, 2.75) is 0 Å². The molecular weight excluding hydrogens is 96.0 g/mol. The van der Waals surface area contributed by atoms with Gasteiger partial charge in [-0.25, -0.2) is 10.1 Å². The van der Waals surface area contributed by atoms with Gasteiger partial charge in [0.1, 0.15) is 6.20 Å². The molecule has 0 heterocycles. The molecule has 0 fully saturated rings. The summed E-state index contributed by atoms with van der Waals surface area (Å²) in [4.78, 5) is 9.35. The molecule has 0 spiro atoms. The predicted molar refractivity (Wildman–Crippen MR) is 23.8 cm³/mol. The van der Waals surface area contributed by atoms with Gasteiger partial charge in [-0.05, 0) is 0 Å². The number of nitro groups is 1. The van der Waals surface area contributed by atoms with Crippen molar-refractivity contribution in [3.05, 3.63) is 28.6 Å². The van der Waals surface area contributed by atoms with Crippen LogP contribution in [0.4, 0.5) is 0 Å². The standard InChI is InChI=1S/C3H4N2O2/c1-2-3-4-5(6)7/h3-4H,1H2. The second-order valence-corrected chi connectivity index (χ2v) is 0.735. The molecule has 0 rings (SSSR count). The molecule has 0 unspecified atom stereocenters. The van der Waals surface area contributed by atoms with Gasteiger partial charge in [-0.1, -0.05) is 6.58 Å². The van der Waals surface area contributed by atoms with Crippen LogP contribution in [0, 0.1) is 10.1 Å². The highest BCUT2D eigenvalue weighted by atomic mass is 16.7. The van der Waals surface area contributed by atoms with Crippen molar-refractivity contribution >= 4 is 0 Å². The van der Waals surface area contributed by atoms with Gasteiger partial charge in [-0.2, -0.15) is 0 Å². The van der Waals surface area contributed by atoms with E-state index >= 15 is 0 Å². The number of nitrogens with zero attached hydrogens (tertiary/aromatic N) is 1. The SMILES string of the molecule is C=C=CN[N+](=O)[O-]. The largest absolute Gasteiger partial charge is 0.235 e. The molecule has 4 heteroatoms. The van der Waals surface area contributed by atoms with Crippen LogP contribution in [0.5, 0.6) is 0 Å². The Labute approximate surface area is 40.3 Å². The van der Waals surface area contributed by atoms with Crippen LogP contribution in [0.1, 0.15) is 0 Å². The molecule has 38 valence electrons. The second kappa shape index (κ2) is 2.93. The van der Waals surface area contributed by atoms with Crippen LogP contribution in [0.15, 0.2) is 18.5 Å². The highest BCUT2D eigenvalue weighted by Gasteiger charge is 1.78. The Balaban J connectivity index is 3.32. The van der Waals surface area contributed by atoms with Crippen molar-refractivity contribution in [2.75, 3.05) is 0 Å². The van der Waals surface area contributed by atoms with Crippen molar-refractivity contribution in [2.24, 2.45) is 0 Å². The molecule has 0 saturated heterocycles. The van der Waals surface area contributed by atoms with E-state index < -0.39 is 5.03 Å². The van der Waals surface area contributed by atoms with E-state index in [1.807, 2.05) is 0 Å². The van der Waals surface area contributed by atoms with Gasteiger partial charge in [0.05, 0.1) is 0 Å². The predicted octanol–water partition coefficient (Wildman–Crippen LogP) is 0.0663. The maximum absolute atomic E-state index is 9.35. The molecule has 0 aromatic rings. The lowest BCUT2D eigenvalue weighted by Gasteiger charge is -1.78. The average Bonchev–Trinajstić information content (AvgIpc) is 1.61. The second-order valence-electron chi connectivity index (χ2n) is 0.735. The molecular formula is C3H4N2O2. The van der Waals surface area contributed by atoms with Crippen molar-refractivity contribution in [1.82, 2.24) is 5.43 Å². The molecule has 0 amide bonds. The van der Waals surface area contributed by atoms with Gasteiger partial charge in [-0.3, -0.25) is 0 Å². The fourth-order valence-electron chi connectivity index (χ4n) is 0.0983. The molecule has 7 heavy (non-hydrogen) atoms. The number of hydrazine groups is 1. The molecule has 0 bridgehead atoms. The molecule has 0 saturated carbocycles. The third-order valence-corrected chi connectivity index (χ3v) is 0.272. The van der Waals surface area contributed by atoms with Crippen molar-refractivity contribution < 1.29 is 5.03 Å². The smallest absolute Gasteiger partial charge is 0.162 e. The van der Waals surface area contributed by atoms with Crippen molar-refractivity contribution in [1.29, 1.82) is 0 Å². The van der Waals surface area contributed by atoms with E-state index in [0.29, 0.717) is 0 Å². The summed E-state index contributed by atoms with van der Waals surface area (Å²) in [5.74, 6) is 0. The Hall–Kier alpha value is -1.28. The minimum absolute atomic E-state index is 0.696. The summed E-state index contributed by atoms with van der Waals surface area (Å²) >= 11 is 0. The normalized spacial score (nSPS) is 6.29. The molecule has 4 nitrogen and oxygen atoms in total. The van der Waals surface area contributed by atoms with Crippen LogP contribution in [-0.4, -0.2) is 5.03 Å². The highest BCUT2D eigenvalue weighted by Crippen LogP contribution is 1.54. The molecule has 0 aliphatic carbocycles. The van der Waals surface area contributed by atoms with Crippen LogP contribution >= 0.6 is 0 Å². The fraction of sp³-hybridized carbons (Fsp3) is 0. The van der Waals surface area contributed by atoms with Gasteiger partial charge in [0.25, 0.3) is 0 Å². The van der Waals surface area contributed by atoms with Crippen molar-refractivity contribution in [3.63, 3.8) is 0 Å². The lowest BCUT2D eigenvalue weighted by atomic mass is 10.9. The molecule has 0 aliphatic rings. The number of nitrogens with one attached hydrogen (secondary N) is 1. The van der Waals surface area contributed by atoms with Gasteiger partial charge < -0.3 is 0 Å². The number of hydrogen-bond acceptors (Lipinski definition) is 2. The van der Waals surface area contributed by atoms with Crippen LogP contribution in [0.3, 0.4) is 0 Å². The topological polar surface area (TPSA) is 55.2 Å². The van der Waals surface area contributed by atoms with E-state index in [-0.39, 0.29) is 0 Å². The summed E-state index contributed by atoms with van der Waals surface area (Å²) in [7, 11) is 0. The van der Waals surface area contributed by atoms with Gasteiger partial charge in [0.15, 0.2) is 5.03 Å². The summed E-state index contributed by atoms with van der Waals surface area (Å²) in [6, 6.07) is 0. The van der Waals surface area contributed by atoms with Gasteiger partial charge in [0, 0.05) is 0 Å². The first kappa shape index (κ1) is 5.72. The fourth-order valence-corrected chi connectivity index (χ4v) is 0.0983. The van der Waals surface area contributed by atoms with Crippen LogP contribution in [-0.2, 0) is 0 Å². The molecule has 1 N–H and O–H groups in total. The van der Waals surface area contributed by atoms with Gasteiger partial charge in [0.2, 0.25) is 0 Å². The Morgan fingerprint density at radius 2 is 2.57 bits per heavy atom. The van der Waals surface area contributed by atoms with Crippen LogP contribution in [0.2, 0.25) is 0 Å². The molecule has 0 aliphatic heterocycles. The maximum Gasteiger partial charge on any atom is 0.162 e. The van der Waals surface area contributed by atoms with E-state index in [2.05, 4.69) is 12.3 Å². The van der Waals surface area contributed by atoms with E-state index in [0.717, 1.165) is 6.20 Å². The summed E-state index contributed by atoms with van der Waals surface area (Å²) in [6.45, 7) is 3.09. The minimum atomic E-state index is -0.696. The number of rotatable bonds is 2. The Morgan fingerprint density at radius 1 is 2.00 bits per heavy atom. The lowest BCUT2D eigenvalue weighted by molar-refractivity contribution is -0.532. The van der Waals surface area contributed by atoms with Crippen molar-refractivity contribution in [3.8, 4) is 0 Å². The zero-order chi connectivity index (χ0) is 5.70. The summed E-state index contributed by atoms with van der Waals surface area (Å²) in [6.07, 6.45) is 1.01. The van der Waals surface area contributed by atoms with Gasteiger partial charge >= 0.3 is 0 Å². The monoisotopic (exact) mass is 100 g/mol. The molecule has 0 radical (unpaired) electrons. The average molecular weight is 100 g/mol. The zero-order valence-corrected chi connectivity index (χ0v) is 3.55. The Morgan fingerprint density at radius 3 is 2.71 bits per heavy atom.